The molecule has 1 unspecified atom stereocenters. The molecule has 0 aliphatic carbocycles. The predicted octanol–water partition coefficient (Wildman–Crippen LogP) is 1.22. The van der Waals surface area contributed by atoms with Gasteiger partial charge in [0.1, 0.15) is 18.5 Å². The van der Waals surface area contributed by atoms with E-state index in [4.69, 9.17) is 21.1 Å². The van der Waals surface area contributed by atoms with Crippen molar-refractivity contribution < 1.29 is 14.6 Å². The van der Waals surface area contributed by atoms with Crippen LogP contribution >= 0.6 is 11.6 Å². The van der Waals surface area contributed by atoms with E-state index in [1.54, 1.807) is 12.1 Å². The number of aliphatic hydroxyl groups is 1. The fourth-order valence-corrected chi connectivity index (χ4v) is 2.03. The van der Waals surface area contributed by atoms with Crippen molar-refractivity contribution >= 4 is 11.6 Å². The van der Waals surface area contributed by atoms with Crippen molar-refractivity contribution in [2.24, 2.45) is 0 Å². The minimum absolute atomic E-state index is 0.248. The maximum Gasteiger partial charge on any atom is 0.119 e. The smallest absolute Gasteiger partial charge is 0.119 e. The molecule has 1 aliphatic heterocycles. The molecule has 1 aromatic carbocycles. The lowest BCUT2D eigenvalue weighted by Crippen LogP contribution is -2.48. The van der Waals surface area contributed by atoms with Gasteiger partial charge in [0.05, 0.1) is 13.2 Å². The molecule has 6 heteroatoms. The number of hydrazine groups is 1. The summed E-state index contributed by atoms with van der Waals surface area (Å²) in [6.07, 6.45) is -0.561. The van der Waals surface area contributed by atoms with Crippen molar-refractivity contribution in [1.29, 1.82) is 0 Å². The number of ether oxygens (including phenoxy) is 2. The van der Waals surface area contributed by atoms with Crippen molar-refractivity contribution in [3.05, 3.63) is 28.8 Å². The summed E-state index contributed by atoms with van der Waals surface area (Å²) in [5.74, 6) is 0.720. The van der Waals surface area contributed by atoms with Gasteiger partial charge < -0.3 is 14.6 Å². The van der Waals surface area contributed by atoms with Gasteiger partial charge in [0.15, 0.2) is 0 Å². The van der Waals surface area contributed by atoms with Gasteiger partial charge in [-0.1, -0.05) is 11.6 Å². The monoisotopic (exact) mass is 300 g/mol. The zero-order chi connectivity index (χ0) is 14.4. The maximum absolute atomic E-state index is 9.89. The number of nitrogens with one attached hydrogen (secondary N) is 1. The van der Waals surface area contributed by atoms with Gasteiger partial charge in [0.25, 0.3) is 0 Å². The molecular formula is C14H21ClN2O3. The number of aryl methyl sites for hydroxylation is 1. The highest BCUT2D eigenvalue weighted by molar-refractivity contribution is 6.31. The van der Waals surface area contributed by atoms with Crippen LogP contribution in [0.3, 0.4) is 0 Å². The number of nitrogens with zero attached hydrogens (tertiary/aromatic N) is 1. The largest absolute Gasteiger partial charge is 0.491 e. The van der Waals surface area contributed by atoms with E-state index in [-0.39, 0.29) is 6.61 Å². The van der Waals surface area contributed by atoms with Gasteiger partial charge >= 0.3 is 0 Å². The Morgan fingerprint density at radius 2 is 2.20 bits per heavy atom. The van der Waals surface area contributed by atoms with Crippen LogP contribution in [0.5, 0.6) is 5.75 Å². The fourth-order valence-electron chi connectivity index (χ4n) is 1.91. The van der Waals surface area contributed by atoms with Gasteiger partial charge in [-0.05, 0) is 30.7 Å². The zero-order valence-electron chi connectivity index (χ0n) is 11.6. The second-order valence-electron chi connectivity index (χ2n) is 4.84. The number of hydrogen-bond donors (Lipinski definition) is 2. The van der Waals surface area contributed by atoms with Gasteiger partial charge in [0, 0.05) is 24.7 Å². The molecule has 0 radical (unpaired) electrons. The summed E-state index contributed by atoms with van der Waals surface area (Å²) >= 11 is 5.95. The Kier molecular flexibility index (Phi) is 6.06. The summed E-state index contributed by atoms with van der Waals surface area (Å²) in [6.45, 7) is 5.76. The molecule has 5 nitrogen and oxygen atoms in total. The Hall–Kier alpha value is -0.850. The lowest BCUT2D eigenvalue weighted by Gasteiger charge is -2.28. The number of halogens is 1. The van der Waals surface area contributed by atoms with Crippen molar-refractivity contribution in [3.8, 4) is 5.75 Å². The summed E-state index contributed by atoms with van der Waals surface area (Å²) in [5.41, 5.74) is 4.14. The average molecular weight is 301 g/mol. The molecule has 2 N–H and O–H groups in total. The van der Waals surface area contributed by atoms with Crippen molar-refractivity contribution in [2.75, 3.05) is 39.5 Å². The number of hydrogen-bond acceptors (Lipinski definition) is 5. The van der Waals surface area contributed by atoms with E-state index in [0.29, 0.717) is 11.6 Å². The van der Waals surface area contributed by atoms with Gasteiger partial charge in [-0.15, -0.1) is 0 Å². The fraction of sp³-hybridized carbons (Fsp3) is 0.571. The van der Waals surface area contributed by atoms with Crippen LogP contribution in [-0.2, 0) is 4.74 Å². The van der Waals surface area contributed by atoms with Crippen LogP contribution in [0.1, 0.15) is 5.56 Å². The van der Waals surface area contributed by atoms with Crippen LogP contribution < -0.4 is 10.2 Å². The molecule has 0 saturated carbocycles. The van der Waals surface area contributed by atoms with Crippen molar-refractivity contribution in [1.82, 2.24) is 10.4 Å². The Labute approximate surface area is 124 Å². The van der Waals surface area contributed by atoms with Crippen LogP contribution in [0.4, 0.5) is 0 Å². The van der Waals surface area contributed by atoms with Crippen LogP contribution in [-0.4, -0.2) is 55.7 Å². The molecule has 1 aromatic rings. The standard InChI is InChI=1S/C14H21ClN2O3/c1-11-8-13(2-3-14(11)15)20-10-12(18)9-16-17-4-6-19-7-5-17/h2-3,8,12,16,18H,4-7,9-10H2,1H3. The van der Waals surface area contributed by atoms with E-state index in [1.807, 2.05) is 13.0 Å². The lowest BCUT2D eigenvalue weighted by molar-refractivity contribution is -0.000791. The molecule has 20 heavy (non-hydrogen) atoms. The summed E-state index contributed by atoms with van der Waals surface area (Å²) < 4.78 is 10.8. The quantitative estimate of drug-likeness (QED) is 0.827. The minimum Gasteiger partial charge on any atom is -0.491 e. The molecule has 0 aromatic heterocycles. The van der Waals surface area contributed by atoms with Crippen LogP contribution in [0, 0.1) is 6.92 Å². The summed E-state index contributed by atoms with van der Waals surface area (Å²) in [7, 11) is 0. The van der Waals surface area contributed by atoms with Crippen LogP contribution in [0.25, 0.3) is 0 Å². The number of rotatable bonds is 6. The second kappa shape index (κ2) is 7.81. The number of morpholine rings is 1. The number of aliphatic hydroxyl groups excluding tert-OH is 1. The second-order valence-corrected chi connectivity index (χ2v) is 5.24. The first kappa shape index (κ1) is 15.5. The molecule has 1 fully saturated rings. The molecule has 1 atom stereocenters. The average Bonchev–Trinajstić information content (AvgIpc) is 2.47. The highest BCUT2D eigenvalue weighted by atomic mass is 35.5. The topological polar surface area (TPSA) is 54.0 Å². The molecule has 0 bridgehead atoms. The Balaban J connectivity index is 1.68. The zero-order valence-corrected chi connectivity index (χ0v) is 12.4. The van der Waals surface area contributed by atoms with E-state index in [1.165, 1.54) is 0 Å². The SMILES string of the molecule is Cc1cc(OCC(O)CNN2CCOCC2)ccc1Cl. The molecule has 2 rings (SSSR count). The summed E-state index contributed by atoms with van der Waals surface area (Å²) in [4.78, 5) is 0. The normalized spacial score (nSPS) is 17.9. The molecule has 1 saturated heterocycles. The third-order valence-corrected chi connectivity index (χ3v) is 3.56. The first-order chi connectivity index (χ1) is 9.65. The summed E-state index contributed by atoms with van der Waals surface area (Å²) in [5, 5.41) is 12.7. The van der Waals surface area contributed by atoms with E-state index in [2.05, 4.69) is 10.4 Å². The first-order valence-electron chi connectivity index (χ1n) is 6.78. The minimum atomic E-state index is -0.561. The maximum atomic E-state index is 9.89. The van der Waals surface area contributed by atoms with Crippen LogP contribution in [0.2, 0.25) is 5.02 Å². The third-order valence-electron chi connectivity index (χ3n) is 3.13. The Morgan fingerprint density at radius 3 is 2.90 bits per heavy atom. The highest BCUT2D eigenvalue weighted by Crippen LogP contribution is 2.21. The van der Waals surface area contributed by atoms with Gasteiger partial charge in [-0.25, -0.2) is 5.01 Å². The first-order valence-corrected chi connectivity index (χ1v) is 7.16. The number of benzene rings is 1. The van der Waals surface area contributed by atoms with E-state index in [9.17, 15) is 5.11 Å². The van der Waals surface area contributed by atoms with Gasteiger partial charge in [-0.3, -0.25) is 5.43 Å². The van der Waals surface area contributed by atoms with E-state index < -0.39 is 6.10 Å². The predicted molar refractivity (Wildman–Crippen MR) is 78.1 cm³/mol. The van der Waals surface area contributed by atoms with Crippen LogP contribution in [0.15, 0.2) is 18.2 Å². The molecule has 1 heterocycles. The van der Waals surface area contributed by atoms with Crippen molar-refractivity contribution in [3.63, 3.8) is 0 Å². The summed E-state index contributed by atoms with van der Waals surface area (Å²) in [6, 6.07) is 5.46. The van der Waals surface area contributed by atoms with Gasteiger partial charge in [-0.2, -0.15) is 0 Å². The Morgan fingerprint density at radius 1 is 1.45 bits per heavy atom. The van der Waals surface area contributed by atoms with Crippen molar-refractivity contribution in [2.45, 2.75) is 13.0 Å². The molecule has 1 aliphatic rings. The molecule has 112 valence electrons. The Bertz CT molecular complexity index is 425. The highest BCUT2D eigenvalue weighted by Gasteiger charge is 2.12. The lowest BCUT2D eigenvalue weighted by atomic mass is 10.2. The molecule has 0 amide bonds. The molecular weight excluding hydrogens is 280 g/mol. The van der Waals surface area contributed by atoms with E-state index in [0.717, 1.165) is 37.6 Å². The van der Waals surface area contributed by atoms with E-state index >= 15 is 0 Å². The third kappa shape index (κ3) is 4.92. The van der Waals surface area contributed by atoms with Gasteiger partial charge in [0.2, 0.25) is 0 Å². The molecule has 0 spiro atoms.